The zero-order valence-electron chi connectivity index (χ0n) is 24.9. The van der Waals surface area contributed by atoms with Gasteiger partial charge in [-0.1, -0.05) is 25.1 Å². The lowest BCUT2D eigenvalue weighted by Crippen LogP contribution is -2.49. The van der Waals surface area contributed by atoms with Crippen LogP contribution in [0.3, 0.4) is 0 Å². The van der Waals surface area contributed by atoms with Gasteiger partial charge < -0.3 is 29.2 Å². The summed E-state index contributed by atoms with van der Waals surface area (Å²) in [5, 5.41) is 17.3. The summed E-state index contributed by atoms with van der Waals surface area (Å²) >= 11 is 0. The van der Waals surface area contributed by atoms with Crippen LogP contribution in [0.2, 0.25) is 0 Å². The van der Waals surface area contributed by atoms with Gasteiger partial charge in [-0.25, -0.2) is 14.1 Å². The Labute approximate surface area is 258 Å². The van der Waals surface area contributed by atoms with Crippen LogP contribution in [0, 0.1) is 11.3 Å². The van der Waals surface area contributed by atoms with Gasteiger partial charge in [0.2, 0.25) is 5.60 Å². The fraction of sp³-hybridized carbons (Fsp3) is 0.429. The molecule has 17 heteroatoms. The molecule has 45 heavy (non-hydrogen) atoms. The molecule has 2 aromatic heterocycles. The normalized spacial score (nSPS) is 23.0. The summed E-state index contributed by atoms with van der Waals surface area (Å²) in [5.41, 5.74) is 4.44. The third-order valence-corrected chi connectivity index (χ3v) is 8.27. The van der Waals surface area contributed by atoms with E-state index in [4.69, 9.17) is 33.7 Å². The van der Waals surface area contributed by atoms with Gasteiger partial charge in [0, 0.05) is 13.3 Å². The van der Waals surface area contributed by atoms with Crippen molar-refractivity contribution in [3.05, 3.63) is 54.5 Å². The van der Waals surface area contributed by atoms with E-state index in [1.165, 1.54) is 29.9 Å². The van der Waals surface area contributed by atoms with E-state index in [2.05, 4.69) is 15.2 Å². The van der Waals surface area contributed by atoms with Crippen molar-refractivity contribution in [2.45, 2.75) is 64.1 Å². The summed E-state index contributed by atoms with van der Waals surface area (Å²) in [6, 6.07) is 11.9. The molecule has 1 aliphatic rings. The van der Waals surface area contributed by atoms with E-state index in [0.717, 1.165) is 6.92 Å². The van der Waals surface area contributed by atoms with E-state index in [1.807, 2.05) is 6.07 Å². The molecule has 240 valence electrons. The molecule has 3 heterocycles. The lowest BCUT2D eigenvalue weighted by atomic mass is 9.95. The van der Waals surface area contributed by atoms with E-state index in [-0.39, 0.29) is 30.3 Å². The third-order valence-electron chi connectivity index (χ3n) is 6.64. The van der Waals surface area contributed by atoms with Gasteiger partial charge in [0.25, 0.3) is 0 Å². The van der Waals surface area contributed by atoms with Crippen LogP contribution >= 0.6 is 7.75 Å². The number of para-hydroxylation sites is 1. The minimum Gasteiger partial charge on any atom is -0.465 e. The van der Waals surface area contributed by atoms with E-state index in [0.29, 0.717) is 5.52 Å². The zero-order valence-corrected chi connectivity index (χ0v) is 25.8. The number of hydrogen-bond acceptors (Lipinski definition) is 14. The fourth-order valence-electron chi connectivity index (χ4n) is 4.59. The van der Waals surface area contributed by atoms with Crippen molar-refractivity contribution in [2.75, 3.05) is 18.9 Å². The van der Waals surface area contributed by atoms with Gasteiger partial charge in [0.05, 0.1) is 12.3 Å². The molecule has 6 atom stereocenters. The maximum atomic E-state index is 14.1. The van der Waals surface area contributed by atoms with Crippen molar-refractivity contribution in [2.24, 2.45) is 0 Å². The van der Waals surface area contributed by atoms with Crippen LogP contribution in [-0.2, 0) is 42.4 Å². The van der Waals surface area contributed by atoms with Crippen LogP contribution in [0.15, 0.2) is 48.8 Å². The number of carbonyl (C=O) groups is 3. The second-order valence-corrected chi connectivity index (χ2v) is 11.6. The molecule has 0 radical (unpaired) electrons. The number of nitrogens with two attached hydrogens (primary N) is 1. The highest BCUT2D eigenvalue weighted by Crippen LogP contribution is 2.49. The molecular weight excluding hydrogens is 611 g/mol. The number of nitrogen functional groups attached to an aromatic ring is 1. The molecule has 0 amide bonds. The monoisotopic (exact) mass is 644 g/mol. The predicted molar refractivity (Wildman–Crippen MR) is 155 cm³/mol. The van der Waals surface area contributed by atoms with Gasteiger partial charge in [-0.05, 0) is 38.1 Å². The fourth-order valence-corrected chi connectivity index (χ4v) is 6.11. The maximum Gasteiger partial charge on any atom is 0.459 e. The number of nitrogens with zero attached hydrogens (tertiary/aromatic N) is 4. The van der Waals surface area contributed by atoms with E-state index in [1.54, 1.807) is 44.2 Å². The summed E-state index contributed by atoms with van der Waals surface area (Å²) in [7, 11) is -4.49. The number of anilines is 1. The van der Waals surface area contributed by atoms with Gasteiger partial charge in [0.15, 0.2) is 18.0 Å². The lowest BCUT2D eigenvalue weighted by molar-refractivity contribution is -0.167. The van der Waals surface area contributed by atoms with Crippen LogP contribution in [-0.4, -0.2) is 69.6 Å². The topological polar surface area (TPSA) is 216 Å². The van der Waals surface area contributed by atoms with Gasteiger partial charge in [-0.15, -0.1) is 0 Å². The summed E-state index contributed by atoms with van der Waals surface area (Å²) < 4.78 is 49.4. The molecule has 1 fully saturated rings. The quantitative estimate of drug-likeness (QED) is 0.155. The smallest absolute Gasteiger partial charge is 0.459 e. The van der Waals surface area contributed by atoms with Gasteiger partial charge in [-0.3, -0.25) is 18.9 Å². The Morgan fingerprint density at radius 2 is 1.93 bits per heavy atom. The predicted octanol–water partition coefficient (Wildman–Crippen LogP) is 2.64. The van der Waals surface area contributed by atoms with Crippen LogP contribution in [0.1, 0.15) is 45.9 Å². The van der Waals surface area contributed by atoms with Crippen LogP contribution in [0.25, 0.3) is 5.52 Å². The molecule has 0 unspecified atom stereocenters. The molecule has 16 nitrogen and oxygen atoms in total. The van der Waals surface area contributed by atoms with E-state index >= 15 is 0 Å². The Bertz CT molecular complexity index is 1630. The van der Waals surface area contributed by atoms with Crippen molar-refractivity contribution in [1.29, 1.82) is 5.26 Å². The van der Waals surface area contributed by atoms with Crippen LogP contribution in [0.4, 0.5) is 5.82 Å². The molecular formula is C28H33N6O10P. The number of nitrogens with one attached hydrogen (secondary N) is 1. The summed E-state index contributed by atoms with van der Waals surface area (Å²) in [6.07, 6.45) is -3.08. The molecule has 0 bridgehead atoms. The number of ether oxygens (including phenoxy) is 4. The Kier molecular flexibility index (Phi) is 10.4. The molecule has 3 N–H and O–H groups in total. The molecule has 4 rings (SSSR count). The maximum absolute atomic E-state index is 14.1. The van der Waals surface area contributed by atoms with Crippen LogP contribution in [0.5, 0.6) is 5.75 Å². The number of benzene rings is 1. The van der Waals surface area contributed by atoms with Crippen molar-refractivity contribution in [3.8, 4) is 11.8 Å². The average molecular weight is 645 g/mol. The number of hydrogen-bond donors (Lipinski definition) is 2. The minimum atomic E-state index is -4.49. The first-order chi connectivity index (χ1) is 21.5. The van der Waals surface area contributed by atoms with Crippen molar-refractivity contribution in [1.82, 2.24) is 19.7 Å². The van der Waals surface area contributed by atoms with Crippen LogP contribution < -0.4 is 15.3 Å². The van der Waals surface area contributed by atoms with E-state index < -0.39 is 62.2 Å². The number of esters is 3. The summed E-state index contributed by atoms with van der Waals surface area (Å²) in [5.74, 6) is -1.99. The third kappa shape index (κ3) is 7.40. The molecule has 1 saturated heterocycles. The Hall–Kier alpha value is -4.55. The molecule has 0 spiro atoms. The number of nitriles is 1. The SMILES string of the molecule is CCOC(=O)[C@H](C)N[P@](=O)(OC[C@@]1(C#N)O[C@@H](c2ccc3c(N)ncnn23)[C@H](OC(=O)CC)[C@@H]1OC(C)=O)Oc1ccccc1. The molecule has 3 aromatic rings. The highest BCUT2D eigenvalue weighted by molar-refractivity contribution is 7.52. The number of rotatable bonds is 13. The van der Waals surface area contributed by atoms with Gasteiger partial charge in [-0.2, -0.15) is 15.4 Å². The van der Waals surface area contributed by atoms with Gasteiger partial charge >= 0.3 is 25.7 Å². The van der Waals surface area contributed by atoms with Crippen molar-refractivity contribution < 1.29 is 46.9 Å². The summed E-state index contributed by atoms with van der Waals surface area (Å²) in [4.78, 5) is 41.3. The highest BCUT2D eigenvalue weighted by Gasteiger charge is 2.62. The molecule has 1 aliphatic heterocycles. The number of aromatic nitrogens is 3. The zero-order chi connectivity index (χ0) is 32.8. The van der Waals surface area contributed by atoms with Crippen molar-refractivity contribution in [3.63, 3.8) is 0 Å². The lowest BCUT2D eigenvalue weighted by Gasteiger charge is -2.30. The number of fused-ring (bicyclic) bond motifs is 1. The standard InChI is InChI=1S/C28H33N6O10P/c1-5-22(36)42-24-23(20-12-13-21-26(30)31-16-32-34(20)21)43-28(14-29,25(24)41-18(4)35)15-40-45(38,33-17(3)27(37)39-6-2)44-19-10-8-7-9-11-19/h7-13,16-17,23-25H,5-6,15H2,1-4H3,(H,33,38)(H2,30,31,32)/t17-,23-,24-,25-,28+,45-/m0/s1. The first kappa shape index (κ1) is 33.3. The molecule has 1 aromatic carbocycles. The number of carbonyl (C=O) groups excluding carboxylic acids is 3. The minimum absolute atomic E-state index is 0.0497. The van der Waals surface area contributed by atoms with Crippen molar-refractivity contribution >= 4 is 37.0 Å². The highest BCUT2D eigenvalue weighted by atomic mass is 31.2. The Morgan fingerprint density at radius 1 is 1.20 bits per heavy atom. The Morgan fingerprint density at radius 3 is 2.58 bits per heavy atom. The second kappa shape index (κ2) is 14.0. The molecule has 0 saturated carbocycles. The second-order valence-electron chi connectivity index (χ2n) is 9.86. The van der Waals surface area contributed by atoms with E-state index in [9.17, 15) is 24.2 Å². The molecule has 0 aliphatic carbocycles. The van der Waals surface area contributed by atoms with Gasteiger partial charge in [0.1, 0.15) is 42.4 Å². The Balaban J connectivity index is 1.76. The summed E-state index contributed by atoms with van der Waals surface area (Å²) in [6.45, 7) is 4.87. The first-order valence-electron chi connectivity index (χ1n) is 13.9. The average Bonchev–Trinajstić information content (AvgIpc) is 3.57. The first-order valence-corrected chi connectivity index (χ1v) is 15.5. The largest absolute Gasteiger partial charge is 0.465 e.